The van der Waals surface area contributed by atoms with Crippen LogP contribution in [0, 0.1) is 0 Å². The smallest absolute Gasteiger partial charge is 0.320 e. The molecule has 3 N–H and O–H groups in total. The molecule has 0 fully saturated rings. The highest BCUT2D eigenvalue weighted by Crippen LogP contribution is 1.89. The third-order valence-electron chi connectivity index (χ3n) is 0.913. The van der Waals surface area contributed by atoms with Crippen molar-refractivity contribution in [1.82, 2.24) is 0 Å². The molecule has 10 heavy (non-hydrogen) atoms. The third-order valence-corrected chi connectivity index (χ3v) is 1.48. The molecule has 0 aliphatic heterocycles. The van der Waals surface area contributed by atoms with E-state index >= 15 is 0 Å². The number of carbonyl (C=O) groups is 1. The summed E-state index contributed by atoms with van der Waals surface area (Å²) in [7, 11) is 0. The van der Waals surface area contributed by atoms with Gasteiger partial charge in [0.15, 0.2) is 0 Å². The van der Waals surface area contributed by atoms with Crippen molar-refractivity contribution in [2.24, 2.45) is 5.73 Å². The lowest BCUT2D eigenvalue weighted by Gasteiger charge is -2.07. The monoisotopic (exact) mass is 166 g/mol. The van der Waals surface area contributed by atoms with Gasteiger partial charge in [0.2, 0.25) is 0 Å². The quantitative estimate of drug-likeness (QED) is 0.503. The topological polar surface area (TPSA) is 103 Å². The van der Waals surface area contributed by atoms with Crippen molar-refractivity contribution in [3.63, 3.8) is 0 Å². The van der Waals surface area contributed by atoms with Crippen LogP contribution in [0.5, 0.6) is 0 Å². The van der Waals surface area contributed by atoms with Crippen molar-refractivity contribution in [3.8, 4) is 0 Å². The highest BCUT2D eigenvalue weighted by atomic mass is 32.2. The Labute approximate surface area is 60.5 Å². The van der Waals surface area contributed by atoms with E-state index in [1.807, 2.05) is 0 Å². The van der Waals surface area contributed by atoms with Crippen molar-refractivity contribution in [2.75, 3.05) is 5.75 Å². The van der Waals surface area contributed by atoms with E-state index in [0.29, 0.717) is 0 Å². The summed E-state index contributed by atoms with van der Waals surface area (Å²) in [5.74, 6) is -1.38. The first-order valence-corrected chi connectivity index (χ1v) is 3.82. The molecule has 0 aromatic carbocycles. The molecule has 0 amide bonds. The van der Waals surface area contributed by atoms with Gasteiger partial charge in [0.05, 0.1) is 0 Å². The highest BCUT2D eigenvalue weighted by Gasteiger charge is 2.09. The van der Waals surface area contributed by atoms with Crippen LogP contribution in [0.3, 0.4) is 0 Å². The molecule has 0 bridgehead atoms. The lowest BCUT2D eigenvalue weighted by atomic mass is 10.2. The standard InChI is InChI=1S/C4H9NO4S/c5-3(4(6)7)1-2-10(8)9/h3H,1-2,5H2,(H,6,7)(H,8,9)/p-1. The van der Waals surface area contributed by atoms with Crippen LogP contribution < -0.4 is 5.73 Å². The molecule has 0 rings (SSSR count). The molecule has 6 heteroatoms. The normalized spacial score (nSPS) is 16.2. The first-order chi connectivity index (χ1) is 4.54. The number of rotatable bonds is 4. The van der Waals surface area contributed by atoms with Gasteiger partial charge in [-0.15, -0.1) is 0 Å². The van der Waals surface area contributed by atoms with Crippen molar-refractivity contribution in [1.29, 1.82) is 0 Å². The van der Waals surface area contributed by atoms with Gasteiger partial charge in [-0.2, -0.15) is 0 Å². The van der Waals surface area contributed by atoms with Crippen molar-refractivity contribution < 1.29 is 18.7 Å². The Bertz CT molecular complexity index is 148. The van der Waals surface area contributed by atoms with Gasteiger partial charge in [-0.25, -0.2) is 0 Å². The van der Waals surface area contributed by atoms with Crippen LogP contribution in [-0.4, -0.2) is 31.6 Å². The van der Waals surface area contributed by atoms with E-state index in [9.17, 15) is 13.6 Å². The summed E-state index contributed by atoms with van der Waals surface area (Å²) in [6, 6.07) is -1.07. The fraction of sp³-hybridized carbons (Fsp3) is 0.750. The Morgan fingerprint density at radius 2 is 2.30 bits per heavy atom. The molecule has 60 valence electrons. The number of hydrogen-bond donors (Lipinski definition) is 2. The van der Waals surface area contributed by atoms with Gasteiger partial charge in [-0.05, 0) is 6.42 Å². The second-order valence-corrected chi connectivity index (χ2v) is 2.76. The molecule has 0 heterocycles. The molecule has 0 aliphatic carbocycles. The second-order valence-electron chi connectivity index (χ2n) is 1.74. The summed E-state index contributed by atoms with van der Waals surface area (Å²) in [6.45, 7) is 0. The molecule has 0 aliphatic rings. The average Bonchev–Trinajstić information content (AvgIpc) is 1.82. The Kier molecular flexibility index (Phi) is 4.17. The zero-order valence-electron chi connectivity index (χ0n) is 5.15. The number of aliphatic carboxylic acids is 1. The van der Waals surface area contributed by atoms with Crippen LogP contribution in [0.4, 0.5) is 0 Å². The Balaban J connectivity index is 3.49. The zero-order chi connectivity index (χ0) is 8.15. The summed E-state index contributed by atoms with van der Waals surface area (Å²) >= 11 is -2.20. The first kappa shape index (κ1) is 9.54. The Hall–Kier alpha value is -0.460. The van der Waals surface area contributed by atoms with Gasteiger partial charge in [-0.1, -0.05) is 11.1 Å². The third kappa shape index (κ3) is 4.42. The highest BCUT2D eigenvalue weighted by molar-refractivity contribution is 7.79. The van der Waals surface area contributed by atoms with Crippen LogP contribution in [-0.2, 0) is 15.9 Å². The minimum Gasteiger partial charge on any atom is -0.772 e. The fourth-order valence-electron chi connectivity index (χ4n) is 0.347. The van der Waals surface area contributed by atoms with Crippen molar-refractivity contribution in [2.45, 2.75) is 12.5 Å². The van der Waals surface area contributed by atoms with E-state index in [4.69, 9.17) is 10.8 Å². The van der Waals surface area contributed by atoms with E-state index < -0.39 is 23.1 Å². The zero-order valence-corrected chi connectivity index (χ0v) is 5.97. The molecule has 0 aromatic heterocycles. The first-order valence-electron chi connectivity index (χ1n) is 2.58. The minimum absolute atomic E-state index is 0.0363. The van der Waals surface area contributed by atoms with Gasteiger partial charge in [0.1, 0.15) is 6.04 Å². The summed E-state index contributed by atoms with van der Waals surface area (Å²) in [4.78, 5) is 9.99. The van der Waals surface area contributed by atoms with Gasteiger partial charge in [-0.3, -0.25) is 9.00 Å². The summed E-state index contributed by atoms with van der Waals surface area (Å²) < 4.78 is 19.8. The summed E-state index contributed by atoms with van der Waals surface area (Å²) in [5, 5.41) is 8.17. The van der Waals surface area contributed by atoms with Gasteiger partial charge in [0, 0.05) is 5.75 Å². The predicted molar refractivity (Wildman–Crippen MR) is 34.0 cm³/mol. The van der Waals surface area contributed by atoms with Gasteiger partial charge in [0.25, 0.3) is 0 Å². The molecule has 0 radical (unpaired) electrons. The molecule has 2 unspecified atom stereocenters. The van der Waals surface area contributed by atoms with E-state index in [1.54, 1.807) is 0 Å². The minimum atomic E-state index is -2.20. The van der Waals surface area contributed by atoms with Crippen LogP contribution in [0.15, 0.2) is 0 Å². The van der Waals surface area contributed by atoms with Crippen molar-refractivity contribution >= 4 is 17.0 Å². The largest absolute Gasteiger partial charge is 0.772 e. The molecule has 0 saturated carbocycles. The maximum Gasteiger partial charge on any atom is 0.320 e. The number of nitrogens with two attached hydrogens (primary N) is 1. The molecule has 0 spiro atoms. The van der Waals surface area contributed by atoms with E-state index in [-0.39, 0.29) is 12.2 Å². The molecule has 0 aromatic rings. The molecular formula is C4H8NO4S-. The fourth-order valence-corrected chi connectivity index (χ4v) is 0.793. The van der Waals surface area contributed by atoms with Crippen LogP contribution in [0.1, 0.15) is 6.42 Å². The Morgan fingerprint density at radius 3 is 2.60 bits per heavy atom. The van der Waals surface area contributed by atoms with E-state index in [0.717, 1.165) is 0 Å². The van der Waals surface area contributed by atoms with Crippen LogP contribution in [0.2, 0.25) is 0 Å². The molecule has 0 saturated heterocycles. The maximum atomic E-state index is 9.99. The number of carboxylic acid groups (broad SMARTS) is 1. The maximum absolute atomic E-state index is 9.99. The van der Waals surface area contributed by atoms with Gasteiger partial charge >= 0.3 is 5.97 Å². The van der Waals surface area contributed by atoms with Crippen LogP contribution in [0.25, 0.3) is 0 Å². The predicted octanol–water partition coefficient (Wildman–Crippen LogP) is -1.33. The van der Waals surface area contributed by atoms with Crippen molar-refractivity contribution in [3.05, 3.63) is 0 Å². The average molecular weight is 166 g/mol. The molecular weight excluding hydrogens is 158 g/mol. The SMILES string of the molecule is NC(CCS(=O)[O-])C(=O)O. The number of carboxylic acids is 1. The lowest BCUT2D eigenvalue weighted by Crippen LogP contribution is -2.31. The number of hydrogen-bond acceptors (Lipinski definition) is 4. The molecule has 5 nitrogen and oxygen atoms in total. The Morgan fingerprint density at radius 1 is 1.80 bits per heavy atom. The van der Waals surface area contributed by atoms with E-state index in [2.05, 4.69) is 0 Å². The summed E-state index contributed by atoms with van der Waals surface area (Å²) in [6.07, 6.45) is -0.0363. The second kappa shape index (κ2) is 4.37. The van der Waals surface area contributed by atoms with Crippen LogP contribution >= 0.6 is 0 Å². The summed E-state index contributed by atoms with van der Waals surface area (Å²) in [5.41, 5.74) is 4.99. The molecule has 2 atom stereocenters. The van der Waals surface area contributed by atoms with Gasteiger partial charge < -0.3 is 15.4 Å². The lowest BCUT2D eigenvalue weighted by molar-refractivity contribution is -0.138. The van der Waals surface area contributed by atoms with E-state index in [1.165, 1.54) is 0 Å².